The number of aryl methyl sites for hydroxylation is 2. The van der Waals surface area contributed by atoms with Crippen LogP contribution in [0.15, 0.2) is 48.5 Å². The Bertz CT molecular complexity index is 1200. The number of hydrogen-bond donors (Lipinski definition) is 2. The third-order valence-electron chi connectivity index (χ3n) is 6.37. The molecule has 1 fully saturated rings. The van der Waals surface area contributed by atoms with Crippen LogP contribution >= 0.6 is 0 Å². The summed E-state index contributed by atoms with van der Waals surface area (Å²) >= 11 is 0. The van der Waals surface area contributed by atoms with Crippen LogP contribution in [0.1, 0.15) is 46.4 Å². The first kappa shape index (κ1) is 18.6. The molecule has 6 nitrogen and oxygen atoms in total. The van der Waals surface area contributed by atoms with Crippen molar-refractivity contribution in [3.8, 4) is 0 Å². The van der Waals surface area contributed by atoms with Crippen molar-refractivity contribution in [1.82, 2.24) is 15.2 Å². The van der Waals surface area contributed by atoms with Crippen LogP contribution in [0, 0.1) is 6.92 Å². The summed E-state index contributed by atoms with van der Waals surface area (Å²) in [7, 11) is 0. The number of H-pyrrole nitrogens is 1. The van der Waals surface area contributed by atoms with Crippen LogP contribution in [0.4, 0.5) is 4.79 Å². The zero-order chi connectivity index (χ0) is 20.9. The van der Waals surface area contributed by atoms with Gasteiger partial charge in [-0.15, -0.1) is 0 Å². The average Bonchev–Trinajstić information content (AvgIpc) is 3.11. The van der Waals surface area contributed by atoms with Crippen molar-refractivity contribution in [3.63, 3.8) is 0 Å². The molecule has 2 aliphatic rings. The van der Waals surface area contributed by atoms with Gasteiger partial charge in [0.25, 0.3) is 5.91 Å². The Morgan fingerprint density at radius 1 is 1.07 bits per heavy atom. The maximum absolute atomic E-state index is 13.5. The molecule has 1 atom stereocenters. The molecule has 152 valence electrons. The molecule has 3 aromatic rings. The number of urea groups is 1. The predicted octanol–water partition coefficient (Wildman–Crippen LogP) is 3.83. The summed E-state index contributed by atoms with van der Waals surface area (Å²) < 4.78 is 0. The van der Waals surface area contributed by atoms with Crippen molar-refractivity contribution in [1.29, 1.82) is 0 Å². The second-order valence-electron chi connectivity index (χ2n) is 8.18. The zero-order valence-corrected chi connectivity index (χ0v) is 16.8. The highest BCUT2D eigenvalue weighted by molar-refractivity contribution is 6.15. The number of nitrogens with zero attached hydrogens (tertiary/aromatic N) is 1. The highest BCUT2D eigenvalue weighted by Gasteiger charge is 2.53. The Balaban J connectivity index is 1.50. The molecule has 1 spiro atoms. The molecule has 6 heteroatoms. The lowest BCUT2D eigenvalue weighted by molar-refractivity contribution is -0.131. The van der Waals surface area contributed by atoms with E-state index in [0.29, 0.717) is 12.0 Å². The maximum Gasteiger partial charge on any atom is 0.325 e. The van der Waals surface area contributed by atoms with E-state index in [-0.39, 0.29) is 18.2 Å². The molecule has 2 heterocycles. The number of ketones is 1. The first-order valence-electron chi connectivity index (χ1n) is 10.3. The minimum Gasteiger partial charge on any atom is -0.358 e. The standard InChI is InChI=1S/C24H23N3O3/c1-15-21(17-10-3-5-12-19(17)25-15)20(28)14-27-22(29)24(26-23(27)30)13-7-6-9-16-8-2-4-11-18(16)24/h2-5,8,10-12,25H,6-7,9,13-14H2,1H3,(H,26,30). The van der Waals surface area contributed by atoms with E-state index in [2.05, 4.69) is 10.3 Å². The smallest absolute Gasteiger partial charge is 0.325 e. The molecule has 1 aliphatic heterocycles. The van der Waals surface area contributed by atoms with Crippen molar-refractivity contribution in [2.45, 2.75) is 38.1 Å². The van der Waals surface area contributed by atoms with Gasteiger partial charge in [-0.3, -0.25) is 14.5 Å². The summed E-state index contributed by atoms with van der Waals surface area (Å²) in [5.74, 6) is -0.569. The number of aromatic amines is 1. The molecule has 30 heavy (non-hydrogen) atoms. The number of Topliss-reactive ketones (excluding diaryl/α,β-unsaturated/α-hetero) is 1. The van der Waals surface area contributed by atoms with E-state index in [0.717, 1.165) is 51.9 Å². The number of para-hydroxylation sites is 1. The van der Waals surface area contributed by atoms with Gasteiger partial charge in [0.05, 0.1) is 6.54 Å². The molecule has 5 rings (SSSR count). The van der Waals surface area contributed by atoms with Crippen molar-refractivity contribution in [3.05, 3.63) is 70.9 Å². The van der Waals surface area contributed by atoms with E-state index in [1.165, 1.54) is 0 Å². The molecule has 3 amide bonds. The number of carbonyl (C=O) groups excluding carboxylic acids is 3. The van der Waals surface area contributed by atoms with E-state index in [4.69, 9.17) is 0 Å². The topological polar surface area (TPSA) is 82.3 Å². The van der Waals surface area contributed by atoms with E-state index < -0.39 is 11.6 Å². The minimum absolute atomic E-state index is 0.243. The molecule has 0 saturated carbocycles. The molecule has 0 bridgehead atoms. The fourth-order valence-electron chi connectivity index (χ4n) is 4.98. The molecule has 1 saturated heterocycles. The second kappa shape index (κ2) is 6.83. The summed E-state index contributed by atoms with van der Waals surface area (Å²) in [6, 6.07) is 14.9. The highest BCUT2D eigenvalue weighted by atomic mass is 16.2. The van der Waals surface area contributed by atoms with E-state index in [1.807, 2.05) is 55.5 Å². The molecular weight excluding hydrogens is 378 g/mol. The Hall–Kier alpha value is -3.41. The molecule has 0 radical (unpaired) electrons. The SMILES string of the molecule is Cc1[nH]c2ccccc2c1C(=O)CN1C(=O)NC2(CCCCc3ccccc32)C1=O. The number of rotatable bonds is 3. The van der Waals surface area contributed by atoms with Gasteiger partial charge in [-0.05, 0) is 49.8 Å². The summed E-state index contributed by atoms with van der Waals surface area (Å²) in [5.41, 5.74) is 3.02. The largest absolute Gasteiger partial charge is 0.358 e. The van der Waals surface area contributed by atoms with Crippen LogP contribution in [-0.4, -0.2) is 34.2 Å². The van der Waals surface area contributed by atoms with Crippen LogP contribution in [0.3, 0.4) is 0 Å². The van der Waals surface area contributed by atoms with Gasteiger partial charge < -0.3 is 10.3 Å². The van der Waals surface area contributed by atoms with Gasteiger partial charge in [-0.1, -0.05) is 42.5 Å². The number of benzene rings is 2. The van der Waals surface area contributed by atoms with Gasteiger partial charge in [0.2, 0.25) is 0 Å². The number of amides is 3. The number of nitrogens with one attached hydrogen (secondary N) is 2. The lowest BCUT2D eigenvalue weighted by Crippen LogP contribution is -2.44. The van der Waals surface area contributed by atoms with Crippen LogP contribution in [-0.2, 0) is 16.8 Å². The summed E-state index contributed by atoms with van der Waals surface area (Å²) in [5, 5.41) is 3.75. The number of fused-ring (bicyclic) bond motifs is 3. The van der Waals surface area contributed by atoms with Crippen LogP contribution in [0.5, 0.6) is 0 Å². The Morgan fingerprint density at radius 2 is 1.83 bits per heavy atom. The van der Waals surface area contributed by atoms with Crippen molar-refractivity contribution in [2.75, 3.05) is 6.54 Å². The molecule has 2 N–H and O–H groups in total. The van der Waals surface area contributed by atoms with Crippen LogP contribution < -0.4 is 5.32 Å². The lowest BCUT2D eigenvalue weighted by Gasteiger charge is -2.27. The Kier molecular flexibility index (Phi) is 4.24. The van der Waals surface area contributed by atoms with E-state index in [9.17, 15) is 14.4 Å². The van der Waals surface area contributed by atoms with Gasteiger partial charge in [-0.2, -0.15) is 0 Å². The molecular formula is C24H23N3O3. The fraction of sp³-hybridized carbons (Fsp3) is 0.292. The predicted molar refractivity (Wildman–Crippen MR) is 113 cm³/mol. The van der Waals surface area contributed by atoms with Gasteiger partial charge in [-0.25, -0.2) is 4.79 Å². The normalized spacial score (nSPS) is 21.0. The van der Waals surface area contributed by atoms with Gasteiger partial charge >= 0.3 is 6.03 Å². The monoisotopic (exact) mass is 401 g/mol. The maximum atomic E-state index is 13.5. The fourth-order valence-corrected chi connectivity index (χ4v) is 4.98. The second-order valence-corrected chi connectivity index (χ2v) is 8.18. The van der Waals surface area contributed by atoms with Crippen molar-refractivity contribution in [2.24, 2.45) is 0 Å². The first-order valence-corrected chi connectivity index (χ1v) is 10.3. The number of carbonyl (C=O) groups is 3. The van der Waals surface area contributed by atoms with E-state index in [1.54, 1.807) is 0 Å². The molecule has 1 aromatic heterocycles. The highest BCUT2D eigenvalue weighted by Crippen LogP contribution is 2.39. The summed E-state index contributed by atoms with van der Waals surface area (Å²) in [6.45, 7) is 1.57. The van der Waals surface area contributed by atoms with Gasteiger partial charge in [0.1, 0.15) is 5.54 Å². The van der Waals surface area contributed by atoms with Crippen LogP contribution in [0.2, 0.25) is 0 Å². The Morgan fingerprint density at radius 3 is 2.70 bits per heavy atom. The lowest BCUT2D eigenvalue weighted by atomic mass is 9.84. The third-order valence-corrected chi connectivity index (χ3v) is 6.37. The van der Waals surface area contributed by atoms with Gasteiger partial charge in [0.15, 0.2) is 5.78 Å². The molecule has 1 unspecified atom stereocenters. The molecule has 1 aliphatic carbocycles. The van der Waals surface area contributed by atoms with Gasteiger partial charge in [0, 0.05) is 22.2 Å². The van der Waals surface area contributed by atoms with E-state index >= 15 is 0 Å². The zero-order valence-electron chi connectivity index (χ0n) is 16.8. The first-order chi connectivity index (χ1) is 14.5. The summed E-state index contributed by atoms with van der Waals surface area (Å²) in [6.07, 6.45) is 3.24. The number of hydrogen-bond acceptors (Lipinski definition) is 3. The number of imide groups is 1. The van der Waals surface area contributed by atoms with Crippen molar-refractivity contribution < 1.29 is 14.4 Å². The average molecular weight is 401 g/mol. The summed E-state index contributed by atoms with van der Waals surface area (Å²) in [4.78, 5) is 43.9. The minimum atomic E-state index is -1.07. The Labute approximate surface area is 174 Å². The third kappa shape index (κ3) is 2.67. The van der Waals surface area contributed by atoms with Crippen LogP contribution in [0.25, 0.3) is 10.9 Å². The van der Waals surface area contributed by atoms with Crippen molar-refractivity contribution >= 4 is 28.6 Å². The molecule has 2 aromatic carbocycles. The quantitative estimate of drug-likeness (QED) is 0.517. The number of aromatic nitrogens is 1.